The van der Waals surface area contributed by atoms with Gasteiger partial charge in [0, 0.05) is 30.0 Å². The molecule has 1 saturated carbocycles. The van der Waals surface area contributed by atoms with Gasteiger partial charge in [0.1, 0.15) is 0 Å². The van der Waals surface area contributed by atoms with Crippen LogP contribution in [0.1, 0.15) is 58.4 Å². The topological polar surface area (TPSA) is 72.7 Å². The number of nitrogens with zero attached hydrogens (tertiary/aromatic N) is 4. The fourth-order valence-electron chi connectivity index (χ4n) is 2.95. The minimum absolute atomic E-state index is 0.0623. The van der Waals surface area contributed by atoms with Crippen LogP contribution < -0.4 is 5.32 Å². The van der Waals surface area contributed by atoms with Crippen LogP contribution in [-0.4, -0.2) is 37.5 Å². The van der Waals surface area contributed by atoms with E-state index in [0.717, 1.165) is 42.2 Å². The number of unbranched alkanes of at least 4 members (excludes halogenated alkanes) is 2. The van der Waals surface area contributed by atoms with E-state index in [0.29, 0.717) is 11.8 Å². The van der Waals surface area contributed by atoms with E-state index in [2.05, 4.69) is 38.9 Å². The summed E-state index contributed by atoms with van der Waals surface area (Å²) in [7, 11) is 0. The van der Waals surface area contributed by atoms with Crippen molar-refractivity contribution < 1.29 is 4.79 Å². The Hall–Kier alpha value is -1.89. The van der Waals surface area contributed by atoms with Gasteiger partial charge in [-0.3, -0.25) is 14.3 Å². The average molecular weight is 374 g/mol. The first-order chi connectivity index (χ1) is 12.7. The van der Waals surface area contributed by atoms with Gasteiger partial charge in [0.15, 0.2) is 11.0 Å². The lowest BCUT2D eigenvalue weighted by molar-refractivity contribution is -0.119. The molecule has 1 aliphatic carbocycles. The van der Waals surface area contributed by atoms with Gasteiger partial charge in [0.2, 0.25) is 5.91 Å². The maximum Gasteiger partial charge on any atom is 0.230 e. The van der Waals surface area contributed by atoms with E-state index in [-0.39, 0.29) is 11.9 Å². The first-order valence-electron chi connectivity index (χ1n) is 9.46. The van der Waals surface area contributed by atoms with Crippen molar-refractivity contribution in [1.29, 1.82) is 0 Å². The minimum Gasteiger partial charge on any atom is -0.353 e. The predicted octanol–water partition coefficient (Wildman–Crippen LogP) is 3.85. The highest BCUT2D eigenvalue weighted by molar-refractivity contribution is 7.99. The van der Waals surface area contributed by atoms with Crippen LogP contribution in [0.4, 0.5) is 0 Å². The quantitative estimate of drug-likeness (QED) is 0.506. The molecule has 2 heterocycles. The molecular formula is C19H27N5OS. The fraction of sp³-hybridized carbons (Fsp3) is 0.579. The number of carbonyl (C=O) groups is 1. The third-order valence-corrected chi connectivity index (χ3v) is 5.42. The molecule has 6 nitrogen and oxygen atoms in total. The highest BCUT2D eigenvalue weighted by Crippen LogP contribution is 2.40. The zero-order valence-corrected chi connectivity index (χ0v) is 16.3. The molecule has 0 bridgehead atoms. The molecule has 2 aromatic rings. The van der Waals surface area contributed by atoms with Crippen LogP contribution in [0.3, 0.4) is 0 Å². The maximum atomic E-state index is 12.2. The molecular weight excluding hydrogens is 346 g/mol. The van der Waals surface area contributed by atoms with Crippen LogP contribution >= 0.6 is 11.8 Å². The van der Waals surface area contributed by atoms with E-state index in [1.54, 1.807) is 6.20 Å². The van der Waals surface area contributed by atoms with Crippen LogP contribution in [0.5, 0.6) is 0 Å². The molecule has 0 spiro atoms. The standard InChI is InChI=1S/C19H27N5OS/c1-3-4-5-7-14(2)21-17(25)13-26-19-23-22-18(24(19)16-9-10-16)15-8-6-11-20-12-15/h6,8,11-12,14,16H,3-5,7,9-10,13H2,1-2H3,(H,21,25). The van der Waals surface area contributed by atoms with Crippen LogP contribution in [0.25, 0.3) is 11.4 Å². The Balaban J connectivity index is 1.58. The molecule has 0 radical (unpaired) electrons. The van der Waals surface area contributed by atoms with Crippen molar-refractivity contribution in [3.63, 3.8) is 0 Å². The molecule has 0 aliphatic heterocycles. The number of amides is 1. The highest BCUT2D eigenvalue weighted by Gasteiger charge is 2.30. The van der Waals surface area contributed by atoms with Crippen LogP contribution in [0.2, 0.25) is 0 Å². The first kappa shape index (κ1) is 18.9. The fourth-order valence-corrected chi connectivity index (χ4v) is 3.77. The SMILES string of the molecule is CCCCCC(C)NC(=O)CSc1nnc(-c2cccnc2)n1C1CC1. The number of carbonyl (C=O) groups excluding carboxylic acids is 1. The van der Waals surface area contributed by atoms with Crippen molar-refractivity contribution in [2.24, 2.45) is 0 Å². The third kappa shape index (κ3) is 5.06. The van der Waals surface area contributed by atoms with E-state index < -0.39 is 0 Å². The Morgan fingerprint density at radius 3 is 2.92 bits per heavy atom. The minimum atomic E-state index is 0.0623. The number of pyridine rings is 1. The molecule has 140 valence electrons. The Morgan fingerprint density at radius 1 is 1.38 bits per heavy atom. The smallest absolute Gasteiger partial charge is 0.230 e. The molecule has 1 aliphatic rings. The van der Waals surface area contributed by atoms with Crippen LogP contribution in [-0.2, 0) is 4.79 Å². The first-order valence-corrected chi connectivity index (χ1v) is 10.4. The zero-order valence-electron chi connectivity index (χ0n) is 15.5. The second kappa shape index (κ2) is 9.16. The lowest BCUT2D eigenvalue weighted by atomic mass is 10.1. The van der Waals surface area contributed by atoms with E-state index in [4.69, 9.17) is 0 Å². The molecule has 1 unspecified atom stereocenters. The highest BCUT2D eigenvalue weighted by atomic mass is 32.2. The summed E-state index contributed by atoms with van der Waals surface area (Å²) in [5.74, 6) is 1.28. The van der Waals surface area contributed by atoms with Gasteiger partial charge >= 0.3 is 0 Å². The van der Waals surface area contributed by atoms with Gasteiger partial charge in [-0.15, -0.1) is 10.2 Å². The molecule has 1 amide bonds. The molecule has 1 fully saturated rings. The van der Waals surface area contributed by atoms with E-state index >= 15 is 0 Å². The number of hydrogen-bond donors (Lipinski definition) is 1. The normalized spacial score (nSPS) is 15.0. The number of rotatable bonds is 10. The molecule has 1 atom stereocenters. The Morgan fingerprint density at radius 2 is 2.23 bits per heavy atom. The molecule has 0 saturated heterocycles. The number of thioether (sulfide) groups is 1. The second-order valence-electron chi connectivity index (χ2n) is 6.90. The Labute approximate surface area is 159 Å². The monoisotopic (exact) mass is 373 g/mol. The van der Waals surface area contributed by atoms with E-state index in [1.165, 1.54) is 24.6 Å². The summed E-state index contributed by atoms with van der Waals surface area (Å²) in [5.41, 5.74) is 0.966. The molecule has 2 aromatic heterocycles. The summed E-state index contributed by atoms with van der Waals surface area (Å²) < 4.78 is 2.17. The second-order valence-corrected chi connectivity index (χ2v) is 7.84. The van der Waals surface area contributed by atoms with Gasteiger partial charge in [-0.25, -0.2) is 0 Å². The summed E-state index contributed by atoms with van der Waals surface area (Å²) in [6.45, 7) is 4.26. The van der Waals surface area contributed by atoms with Gasteiger partial charge < -0.3 is 5.32 Å². The van der Waals surface area contributed by atoms with Crippen molar-refractivity contribution in [2.45, 2.75) is 69.6 Å². The van der Waals surface area contributed by atoms with Crippen LogP contribution in [0, 0.1) is 0 Å². The summed E-state index contributed by atoms with van der Waals surface area (Å²) in [6, 6.07) is 4.57. The molecule has 7 heteroatoms. The average Bonchev–Trinajstić information content (AvgIpc) is 3.40. The summed E-state index contributed by atoms with van der Waals surface area (Å²) in [6.07, 6.45) is 10.5. The molecule has 3 rings (SSSR count). The Kier molecular flexibility index (Phi) is 6.66. The van der Waals surface area contributed by atoms with Gasteiger partial charge in [-0.1, -0.05) is 37.9 Å². The van der Waals surface area contributed by atoms with Crippen molar-refractivity contribution >= 4 is 17.7 Å². The summed E-state index contributed by atoms with van der Waals surface area (Å²) >= 11 is 1.47. The van der Waals surface area contributed by atoms with Gasteiger partial charge in [-0.05, 0) is 38.3 Å². The van der Waals surface area contributed by atoms with E-state index in [9.17, 15) is 4.79 Å². The summed E-state index contributed by atoms with van der Waals surface area (Å²) in [5, 5.41) is 12.6. The largest absolute Gasteiger partial charge is 0.353 e. The predicted molar refractivity (Wildman–Crippen MR) is 104 cm³/mol. The van der Waals surface area contributed by atoms with Gasteiger partial charge in [0.25, 0.3) is 0 Å². The lowest BCUT2D eigenvalue weighted by Gasteiger charge is -2.13. The van der Waals surface area contributed by atoms with Crippen LogP contribution in [0.15, 0.2) is 29.7 Å². The van der Waals surface area contributed by atoms with Gasteiger partial charge in [-0.2, -0.15) is 0 Å². The number of aromatic nitrogens is 4. The zero-order chi connectivity index (χ0) is 18.4. The maximum absolute atomic E-state index is 12.2. The third-order valence-electron chi connectivity index (χ3n) is 4.48. The van der Waals surface area contributed by atoms with Crippen molar-refractivity contribution in [1.82, 2.24) is 25.1 Å². The van der Waals surface area contributed by atoms with Gasteiger partial charge in [0.05, 0.1) is 5.75 Å². The Bertz CT molecular complexity index is 714. The number of hydrogen-bond acceptors (Lipinski definition) is 5. The van der Waals surface area contributed by atoms with Crippen molar-refractivity contribution in [2.75, 3.05) is 5.75 Å². The summed E-state index contributed by atoms with van der Waals surface area (Å²) in [4.78, 5) is 16.4. The molecule has 0 aromatic carbocycles. The molecule has 1 N–H and O–H groups in total. The van der Waals surface area contributed by atoms with Crippen molar-refractivity contribution in [3.8, 4) is 11.4 Å². The number of nitrogens with one attached hydrogen (secondary N) is 1. The van der Waals surface area contributed by atoms with Crippen molar-refractivity contribution in [3.05, 3.63) is 24.5 Å². The molecule has 26 heavy (non-hydrogen) atoms. The van der Waals surface area contributed by atoms with E-state index in [1.807, 2.05) is 18.3 Å². The lowest BCUT2D eigenvalue weighted by Crippen LogP contribution is -2.33.